The van der Waals surface area contributed by atoms with E-state index in [0.29, 0.717) is 0 Å². The third-order valence-corrected chi connectivity index (χ3v) is 4.48. The van der Waals surface area contributed by atoms with Gasteiger partial charge in [0, 0.05) is 13.6 Å². The van der Waals surface area contributed by atoms with Crippen molar-refractivity contribution in [1.29, 1.82) is 0 Å². The van der Waals surface area contributed by atoms with Gasteiger partial charge in [-0.15, -0.1) is 11.3 Å². The molecule has 0 spiro atoms. The summed E-state index contributed by atoms with van der Waals surface area (Å²) in [5, 5.41) is 5.50. The minimum absolute atomic E-state index is 0.779. The average molecular weight is 262 g/mol. The van der Waals surface area contributed by atoms with Gasteiger partial charge in [0.25, 0.3) is 0 Å². The zero-order valence-electron chi connectivity index (χ0n) is 10.6. The van der Waals surface area contributed by atoms with Gasteiger partial charge in [-0.3, -0.25) is 0 Å². The maximum absolute atomic E-state index is 4.45. The van der Waals surface area contributed by atoms with E-state index in [9.17, 15) is 0 Å². The van der Waals surface area contributed by atoms with Gasteiger partial charge < -0.3 is 10.2 Å². The summed E-state index contributed by atoms with van der Waals surface area (Å²) in [5.74, 6) is 1.86. The lowest BCUT2D eigenvalue weighted by Gasteiger charge is -2.28. The van der Waals surface area contributed by atoms with Gasteiger partial charge >= 0.3 is 0 Å². The van der Waals surface area contributed by atoms with Crippen LogP contribution in [0.4, 0.5) is 5.82 Å². The van der Waals surface area contributed by atoms with Gasteiger partial charge in [-0.2, -0.15) is 0 Å². The second kappa shape index (κ2) is 5.20. The lowest BCUT2D eigenvalue weighted by molar-refractivity contribution is 0.377. The Kier molecular flexibility index (Phi) is 3.43. The van der Waals surface area contributed by atoms with Crippen LogP contribution in [0.25, 0.3) is 10.2 Å². The second-order valence-electron chi connectivity index (χ2n) is 4.91. The van der Waals surface area contributed by atoms with Crippen molar-refractivity contribution in [3.05, 3.63) is 17.8 Å². The van der Waals surface area contributed by atoms with Crippen molar-refractivity contribution in [1.82, 2.24) is 15.3 Å². The van der Waals surface area contributed by atoms with E-state index in [2.05, 4.69) is 38.7 Å². The fraction of sp³-hybridized carbons (Fsp3) is 0.538. The number of rotatable bonds is 3. The summed E-state index contributed by atoms with van der Waals surface area (Å²) in [5.41, 5.74) is 1.06. The van der Waals surface area contributed by atoms with Crippen LogP contribution in [0.3, 0.4) is 0 Å². The molecule has 0 bridgehead atoms. The molecule has 5 heteroatoms. The van der Waals surface area contributed by atoms with Crippen molar-refractivity contribution in [2.24, 2.45) is 5.92 Å². The van der Waals surface area contributed by atoms with Crippen molar-refractivity contribution in [2.45, 2.75) is 12.8 Å². The molecule has 1 saturated heterocycles. The number of thiophene rings is 1. The van der Waals surface area contributed by atoms with Gasteiger partial charge in [0.15, 0.2) is 0 Å². The minimum atomic E-state index is 0.779. The Labute approximate surface area is 111 Å². The predicted octanol–water partition coefficient (Wildman–Crippen LogP) is 2.13. The average Bonchev–Trinajstić information content (AvgIpc) is 2.87. The molecule has 0 aromatic carbocycles. The van der Waals surface area contributed by atoms with Gasteiger partial charge in [0.1, 0.15) is 12.1 Å². The molecule has 0 saturated carbocycles. The first-order valence-electron chi connectivity index (χ1n) is 6.44. The van der Waals surface area contributed by atoms with Gasteiger partial charge in [-0.05, 0) is 43.3 Å². The van der Waals surface area contributed by atoms with Crippen molar-refractivity contribution in [3.8, 4) is 0 Å². The normalized spacial score (nSPS) is 17.2. The van der Waals surface area contributed by atoms with Crippen LogP contribution in [0, 0.1) is 5.92 Å². The quantitative estimate of drug-likeness (QED) is 0.920. The Hall–Kier alpha value is -1.20. The standard InChI is InChI=1S/C13H18N4S/c1-17(8-10-2-5-14-6-3-10)13-12-11(4-7-18-12)15-9-16-13/h4,7,9-10,14H,2-3,5-6,8H2,1H3. The summed E-state index contributed by atoms with van der Waals surface area (Å²) in [6.45, 7) is 3.39. The van der Waals surface area contributed by atoms with E-state index in [1.54, 1.807) is 17.7 Å². The number of hydrogen-bond donors (Lipinski definition) is 1. The lowest BCUT2D eigenvalue weighted by atomic mass is 9.98. The maximum Gasteiger partial charge on any atom is 0.149 e. The van der Waals surface area contributed by atoms with Gasteiger partial charge in [0.2, 0.25) is 0 Å². The van der Waals surface area contributed by atoms with Crippen LogP contribution in [0.2, 0.25) is 0 Å². The van der Waals surface area contributed by atoms with Gasteiger partial charge in [-0.25, -0.2) is 9.97 Å². The Morgan fingerprint density at radius 3 is 3.06 bits per heavy atom. The molecular weight excluding hydrogens is 244 g/mol. The van der Waals surface area contributed by atoms with Crippen molar-refractivity contribution in [2.75, 3.05) is 31.6 Å². The molecule has 1 aliphatic heterocycles. The molecule has 0 unspecified atom stereocenters. The number of nitrogens with one attached hydrogen (secondary N) is 1. The molecule has 4 nitrogen and oxygen atoms in total. The molecule has 3 heterocycles. The SMILES string of the molecule is CN(CC1CCNCC1)c1ncnc2ccsc12. The molecular formula is C13H18N4S. The number of nitrogens with zero attached hydrogens (tertiary/aromatic N) is 3. The van der Waals surface area contributed by atoms with Crippen LogP contribution in [0.5, 0.6) is 0 Å². The summed E-state index contributed by atoms with van der Waals surface area (Å²) < 4.78 is 1.20. The van der Waals surface area contributed by atoms with Crippen LogP contribution in [0.15, 0.2) is 17.8 Å². The maximum atomic E-state index is 4.45. The summed E-state index contributed by atoms with van der Waals surface area (Å²) in [7, 11) is 2.14. The highest BCUT2D eigenvalue weighted by Crippen LogP contribution is 2.28. The summed E-state index contributed by atoms with van der Waals surface area (Å²) in [6.07, 6.45) is 4.20. The molecule has 1 fully saturated rings. The third-order valence-electron chi connectivity index (χ3n) is 3.58. The van der Waals surface area contributed by atoms with E-state index in [1.165, 1.54) is 17.5 Å². The molecule has 2 aromatic heterocycles. The largest absolute Gasteiger partial charge is 0.358 e. The highest BCUT2D eigenvalue weighted by molar-refractivity contribution is 7.17. The molecule has 18 heavy (non-hydrogen) atoms. The lowest BCUT2D eigenvalue weighted by Crippen LogP contribution is -2.34. The molecule has 2 aromatic rings. The molecule has 0 atom stereocenters. The highest BCUT2D eigenvalue weighted by atomic mass is 32.1. The molecule has 1 aliphatic rings. The molecule has 1 N–H and O–H groups in total. The van der Waals surface area contributed by atoms with Crippen molar-refractivity contribution >= 4 is 27.4 Å². The van der Waals surface area contributed by atoms with E-state index in [-0.39, 0.29) is 0 Å². The predicted molar refractivity (Wildman–Crippen MR) is 76.3 cm³/mol. The molecule has 0 aliphatic carbocycles. The topological polar surface area (TPSA) is 41.0 Å². The summed E-state index contributed by atoms with van der Waals surface area (Å²) in [4.78, 5) is 11.0. The van der Waals surface area contributed by atoms with Crippen LogP contribution >= 0.6 is 11.3 Å². The Balaban J connectivity index is 1.78. The van der Waals surface area contributed by atoms with Crippen LogP contribution in [-0.4, -0.2) is 36.6 Å². The number of anilines is 1. The van der Waals surface area contributed by atoms with E-state index >= 15 is 0 Å². The summed E-state index contributed by atoms with van der Waals surface area (Å²) >= 11 is 1.73. The smallest absolute Gasteiger partial charge is 0.149 e. The van der Waals surface area contributed by atoms with E-state index in [0.717, 1.165) is 36.9 Å². The molecule has 0 radical (unpaired) electrons. The Bertz CT molecular complexity index is 518. The number of aromatic nitrogens is 2. The van der Waals surface area contributed by atoms with E-state index < -0.39 is 0 Å². The third kappa shape index (κ3) is 2.33. The Morgan fingerprint density at radius 1 is 1.39 bits per heavy atom. The summed E-state index contributed by atoms with van der Waals surface area (Å²) in [6, 6.07) is 2.06. The van der Waals surface area contributed by atoms with Gasteiger partial charge in [-0.1, -0.05) is 0 Å². The number of piperidine rings is 1. The van der Waals surface area contributed by atoms with Crippen molar-refractivity contribution in [3.63, 3.8) is 0 Å². The van der Waals surface area contributed by atoms with Gasteiger partial charge in [0.05, 0.1) is 10.2 Å². The van der Waals surface area contributed by atoms with Crippen LogP contribution in [-0.2, 0) is 0 Å². The first-order valence-corrected chi connectivity index (χ1v) is 7.32. The second-order valence-corrected chi connectivity index (χ2v) is 5.82. The number of hydrogen-bond acceptors (Lipinski definition) is 5. The minimum Gasteiger partial charge on any atom is -0.358 e. The first-order chi connectivity index (χ1) is 8.84. The Morgan fingerprint density at radius 2 is 2.22 bits per heavy atom. The fourth-order valence-electron chi connectivity index (χ4n) is 2.59. The van der Waals surface area contributed by atoms with E-state index in [4.69, 9.17) is 0 Å². The molecule has 0 amide bonds. The highest BCUT2D eigenvalue weighted by Gasteiger charge is 2.17. The number of fused-ring (bicyclic) bond motifs is 1. The zero-order chi connectivity index (χ0) is 12.4. The van der Waals surface area contributed by atoms with Crippen LogP contribution in [0.1, 0.15) is 12.8 Å². The molecule has 3 rings (SSSR count). The van der Waals surface area contributed by atoms with E-state index in [1.807, 2.05) is 0 Å². The molecule has 96 valence electrons. The van der Waals surface area contributed by atoms with Crippen molar-refractivity contribution < 1.29 is 0 Å². The monoisotopic (exact) mass is 262 g/mol. The fourth-order valence-corrected chi connectivity index (χ4v) is 3.47. The van der Waals surface area contributed by atoms with Crippen LogP contribution < -0.4 is 10.2 Å². The zero-order valence-corrected chi connectivity index (χ0v) is 11.4. The first kappa shape index (κ1) is 11.9.